The van der Waals surface area contributed by atoms with E-state index in [9.17, 15) is 4.79 Å². The van der Waals surface area contributed by atoms with Gasteiger partial charge in [0.2, 0.25) is 0 Å². The fourth-order valence-corrected chi connectivity index (χ4v) is 5.73. The molecule has 32 heavy (non-hydrogen) atoms. The van der Waals surface area contributed by atoms with Crippen molar-refractivity contribution >= 4 is 22.7 Å². The largest absolute Gasteiger partial charge is 0.457 e. The second-order valence-electron chi connectivity index (χ2n) is 9.65. The molecule has 0 N–H and O–H groups in total. The number of ether oxygens (including phenoxy) is 1. The van der Waals surface area contributed by atoms with Crippen molar-refractivity contribution in [3.05, 3.63) is 52.6 Å². The molecule has 4 heterocycles. The Balaban J connectivity index is 1.06. The highest BCUT2D eigenvalue weighted by Gasteiger charge is 2.40. The van der Waals surface area contributed by atoms with Gasteiger partial charge in [-0.05, 0) is 96.8 Å². The molecule has 3 aromatic rings. The van der Waals surface area contributed by atoms with Gasteiger partial charge in [0.25, 0.3) is 0 Å². The summed E-state index contributed by atoms with van der Waals surface area (Å²) in [5, 5.41) is 7.91. The van der Waals surface area contributed by atoms with E-state index in [-0.39, 0.29) is 5.97 Å². The van der Waals surface area contributed by atoms with Gasteiger partial charge in [0.1, 0.15) is 17.6 Å². The number of hydrogen-bond acceptors (Lipinski definition) is 7. The van der Waals surface area contributed by atoms with Crippen LogP contribution in [0.5, 0.6) is 0 Å². The van der Waals surface area contributed by atoms with Crippen LogP contribution in [0.1, 0.15) is 46.3 Å². The number of aromatic nitrogens is 2. The topological polar surface area (TPSA) is 71.7 Å². The number of likely N-dealkylation sites (tertiary alicyclic amines) is 1. The van der Waals surface area contributed by atoms with Crippen LogP contribution < -0.4 is 4.90 Å². The van der Waals surface area contributed by atoms with Gasteiger partial charge in [0.05, 0.1) is 5.56 Å². The van der Waals surface area contributed by atoms with Crippen LogP contribution in [0.4, 0.5) is 5.69 Å². The number of fused-ring (bicyclic) bond motifs is 2. The van der Waals surface area contributed by atoms with Crippen molar-refractivity contribution in [2.75, 3.05) is 37.6 Å². The number of carbonyl (C=O) groups excluding carboxylic acids is 1. The number of benzene rings is 2. The van der Waals surface area contributed by atoms with Gasteiger partial charge in [0, 0.05) is 30.9 Å². The van der Waals surface area contributed by atoms with E-state index in [1.54, 1.807) is 0 Å². The van der Waals surface area contributed by atoms with E-state index in [4.69, 9.17) is 9.37 Å². The third-order valence-electron chi connectivity index (χ3n) is 7.93. The molecule has 166 valence electrons. The van der Waals surface area contributed by atoms with Gasteiger partial charge in [-0.2, -0.15) is 0 Å². The van der Waals surface area contributed by atoms with Gasteiger partial charge in [-0.25, -0.2) is 9.42 Å². The van der Waals surface area contributed by atoms with Crippen molar-refractivity contribution in [1.29, 1.82) is 0 Å². The average molecular weight is 433 g/mol. The molecule has 7 heteroatoms. The van der Waals surface area contributed by atoms with Crippen molar-refractivity contribution in [3.63, 3.8) is 0 Å². The maximum atomic E-state index is 11.8. The fraction of sp³-hybridized carbons (Fsp3) is 0.480. The van der Waals surface area contributed by atoms with Crippen molar-refractivity contribution in [2.45, 2.75) is 39.2 Å². The van der Waals surface area contributed by atoms with Gasteiger partial charge in [-0.1, -0.05) is 6.07 Å². The number of anilines is 1. The van der Waals surface area contributed by atoms with Gasteiger partial charge >= 0.3 is 5.97 Å². The monoisotopic (exact) mass is 432 g/mol. The highest BCUT2D eigenvalue weighted by atomic mass is 16.6. The first-order valence-electron chi connectivity index (χ1n) is 11.6. The molecule has 0 saturated carbocycles. The lowest BCUT2D eigenvalue weighted by Crippen LogP contribution is -2.42. The Morgan fingerprint density at radius 3 is 2.72 bits per heavy atom. The van der Waals surface area contributed by atoms with Crippen molar-refractivity contribution < 1.29 is 14.2 Å². The van der Waals surface area contributed by atoms with Crippen molar-refractivity contribution in [3.8, 4) is 0 Å². The van der Waals surface area contributed by atoms with Gasteiger partial charge in [-0.15, -0.1) is 0 Å². The third kappa shape index (κ3) is 3.35. The lowest BCUT2D eigenvalue weighted by atomic mass is 9.77. The van der Waals surface area contributed by atoms with Gasteiger partial charge < -0.3 is 14.5 Å². The second-order valence-corrected chi connectivity index (χ2v) is 9.65. The third-order valence-corrected chi connectivity index (χ3v) is 7.93. The Morgan fingerprint density at radius 1 is 1.03 bits per heavy atom. The number of carbonyl (C=O) groups is 1. The molecule has 6 rings (SSSR count). The van der Waals surface area contributed by atoms with Crippen molar-refractivity contribution in [2.24, 2.45) is 5.41 Å². The Kier molecular flexibility index (Phi) is 4.68. The molecular weight excluding hydrogens is 404 g/mol. The summed E-state index contributed by atoms with van der Waals surface area (Å²) in [6, 6.07) is 10.3. The Morgan fingerprint density at radius 2 is 1.84 bits per heavy atom. The molecule has 3 aliphatic heterocycles. The van der Waals surface area contributed by atoms with Crippen LogP contribution in [0.3, 0.4) is 0 Å². The molecule has 2 aromatic carbocycles. The Labute approximate surface area is 187 Å². The average Bonchev–Trinajstić information content (AvgIpc) is 3.53. The molecule has 2 saturated heterocycles. The summed E-state index contributed by atoms with van der Waals surface area (Å²) in [7, 11) is 0. The van der Waals surface area contributed by atoms with E-state index in [2.05, 4.69) is 45.2 Å². The highest BCUT2D eigenvalue weighted by molar-refractivity contribution is 5.93. The quantitative estimate of drug-likeness (QED) is 0.582. The first-order valence-corrected chi connectivity index (χ1v) is 11.6. The summed E-state index contributed by atoms with van der Waals surface area (Å²) >= 11 is 0. The summed E-state index contributed by atoms with van der Waals surface area (Å²) in [6.45, 7) is 8.17. The zero-order valence-corrected chi connectivity index (χ0v) is 18.5. The normalized spacial score (nSPS) is 20.3. The standard InChI is InChI=1S/C25H28N4O3/c1-17-18(2-4-20-21(17)15-31-24(20)30)6-10-28-11-7-25(8-12-28)9-13-29(16-25)19-3-5-22-23(14-19)27-32-26-22/h2-5,14H,6-13,15-16H2,1H3. The Hall–Kier alpha value is -2.93. The molecule has 0 bridgehead atoms. The molecular formula is C25H28N4O3. The van der Waals surface area contributed by atoms with E-state index in [0.29, 0.717) is 12.0 Å². The number of hydrogen-bond donors (Lipinski definition) is 0. The second kappa shape index (κ2) is 7.59. The lowest BCUT2D eigenvalue weighted by molar-refractivity contribution is 0.0535. The summed E-state index contributed by atoms with van der Waals surface area (Å²) in [5.41, 5.74) is 7.69. The zero-order valence-electron chi connectivity index (χ0n) is 18.5. The first kappa shape index (κ1) is 19.7. The predicted molar refractivity (Wildman–Crippen MR) is 121 cm³/mol. The summed E-state index contributed by atoms with van der Waals surface area (Å²) in [5.74, 6) is -0.181. The molecule has 2 fully saturated rings. The first-order chi connectivity index (χ1) is 15.6. The molecule has 1 spiro atoms. The molecule has 0 unspecified atom stereocenters. The minimum atomic E-state index is -0.181. The predicted octanol–water partition coefficient (Wildman–Crippen LogP) is 3.74. The number of esters is 1. The summed E-state index contributed by atoms with van der Waals surface area (Å²) in [6.07, 6.45) is 4.79. The van der Waals surface area contributed by atoms with E-state index < -0.39 is 0 Å². The molecule has 0 atom stereocenters. The van der Waals surface area contributed by atoms with Crippen LogP contribution in [-0.2, 0) is 17.8 Å². The number of nitrogens with zero attached hydrogens (tertiary/aromatic N) is 4. The Bertz CT molecular complexity index is 1180. The molecule has 0 radical (unpaired) electrons. The maximum Gasteiger partial charge on any atom is 0.338 e. The van der Waals surface area contributed by atoms with Gasteiger partial charge in [0.15, 0.2) is 0 Å². The smallest absolute Gasteiger partial charge is 0.338 e. The lowest BCUT2D eigenvalue weighted by Gasteiger charge is -2.39. The fourth-order valence-electron chi connectivity index (χ4n) is 5.73. The van der Waals surface area contributed by atoms with Crippen LogP contribution in [0.15, 0.2) is 35.0 Å². The van der Waals surface area contributed by atoms with Crippen LogP contribution in [0, 0.1) is 12.3 Å². The number of cyclic esters (lactones) is 1. The van der Waals surface area contributed by atoms with Crippen LogP contribution in [-0.4, -0.2) is 53.9 Å². The number of piperidine rings is 1. The highest BCUT2D eigenvalue weighted by Crippen LogP contribution is 2.42. The van der Waals surface area contributed by atoms with Gasteiger partial charge in [-0.3, -0.25) is 0 Å². The molecule has 0 amide bonds. The van der Waals surface area contributed by atoms with E-state index in [0.717, 1.165) is 61.3 Å². The van der Waals surface area contributed by atoms with Crippen LogP contribution >= 0.6 is 0 Å². The van der Waals surface area contributed by atoms with E-state index in [1.807, 2.05) is 12.1 Å². The summed E-state index contributed by atoms with van der Waals surface area (Å²) in [4.78, 5) is 16.9. The zero-order chi connectivity index (χ0) is 21.7. The number of rotatable bonds is 4. The minimum absolute atomic E-state index is 0.181. The minimum Gasteiger partial charge on any atom is -0.457 e. The molecule has 3 aliphatic rings. The molecule has 0 aliphatic carbocycles. The van der Waals surface area contributed by atoms with E-state index >= 15 is 0 Å². The SMILES string of the molecule is Cc1c(CCN2CCC3(CC2)CCN(c2ccc4nonc4c2)C3)ccc2c1COC2=O. The maximum absolute atomic E-state index is 11.8. The van der Waals surface area contributed by atoms with Crippen molar-refractivity contribution in [1.82, 2.24) is 15.2 Å². The van der Waals surface area contributed by atoms with Crippen LogP contribution in [0.25, 0.3) is 11.0 Å². The van der Waals surface area contributed by atoms with Crippen LogP contribution in [0.2, 0.25) is 0 Å². The summed E-state index contributed by atoms with van der Waals surface area (Å²) < 4.78 is 10.0. The molecule has 1 aromatic heterocycles. The molecule has 7 nitrogen and oxygen atoms in total. The van der Waals surface area contributed by atoms with E-state index in [1.165, 1.54) is 36.1 Å².